The van der Waals surface area contributed by atoms with Crippen LogP contribution in [0, 0.1) is 0 Å². The number of esters is 1. The van der Waals surface area contributed by atoms with Crippen molar-refractivity contribution in [2.45, 2.75) is 12.8 Å². The molecule has 2 aromatic rings. The first-order valence-electron chi connectivity index (χ1n) is 8.57. The largest absolute Gasteiger partial charge is 0.497 e. The molecular weight excluding hydrogens is 366 g/mol. The van der Waals surface area contributed by atoms with Crippen molar-refractivity contribution in [1.29, 1.82) is 0 Å². The van der Waals surface area contributed by atoms with Gasteiger partial charge < -0.3 is 18.9 Å². The highest BCUT2D eigenvalue weighted by atomic mass is 16.7. The van der Waals surface area contributed by atoms with Crippen LogP contribution in [0.25, 0.3) is 0 Å². The van der Waals surface area contributed by atoms with E-state index in [1.807, 2.05) is 6.07 Å². The minimum absolute atomic E-state index is 0.0966. The van der Waals surface area contributed by atoms with E-state index in [0.29, 0.717) is 29.2 Å². The monoisotopic (exact) mass is 385 g/mol. The molecule has 0 aromatic heterocycles. The molecular formula is C20H19NO7. The van der Waals surface area contributed by atoms with E-state index in [1.54, 1.807) is 24.3 Å². The van der Waals surface area contributed by atoms with Gasteiger partial charge >= 0.3 is 5.97 Å². The van der Waals surface area contributed by atoms with Crippen LogP contribution in [0.5, 0.6) is 17.2 Å². The summed E-state index contributed by atoms with van der Waals surface area (Å²) in [6, 6.07) is 11.7. The number of hydrogen-bond acceptors (Lipinski definition) is 7. The van der Waals surface area contributed by atoms with E-state index in [2.05, 4.69) is 5.32 Å². The highest BCUT2D eigenvalue weighted by molar-refractivity contribution is 6.05. The Hall–Kier alpha value is -3.55. The molecule has 1 heterocycles. The fourth-order valence-corrected chi connectivity index (χ4v) is 2.54. The van der Waals surface area contributed by atoms with Gasteiger partial charge in [-0.3, -0.25) is 19.7 Å². The highest BCUT2D eigenvalue weighted by Gasteiger charge is 2.15. The van der Waals surface area contributed by atoms with Crippen molar-refractivity contribution in [2.75, 3.05) is 20.5 Å². The predicted octanol–water partition coefficient (Wildman–Crippen LogP) is 1.86. The van der Waals surface area contributed by atoms with Gasteiger partial charge in [0.2, 0.25) is 6.79 Å². The zero-order valence-electron chi connectivity index (χ0n) is 15.2. The van der Waals surface area contributed by atoms with Gasteiger partial charge in [0.1, 0.15) is 5.75 Å². The molecule has 2 amide bonds. The molecule has 0 fully saturated rings. The van der Waals surface area contributed by atoms with Gasteiger partial charge in [-0.15, -0.1) is 0 Å². The maximum Gasteiger partial charge on any atom is 0.306 e. The average molecular weight is 385 g/mol. The Morgan fingerprint density at radius 2 is 1.79 bits per heavy atom. The zero-order valence-corrected chi connectivity index (χ0v) is 15.2. The number of fused-ring (bicyclic) bond motifs is 1. The number of aryl methyl sites for hydroxylation is 1. The molecule has 0 spiro atoms. The smallest absolute Gasteiger partial charge is 0.306 e. The molecule has 8 nitrogen and oxygen atoms in total. The quantitative estimate of drug-likeness (QED) is 0.726. The van der Waals surface area contributed by atoms with E-state index in [4.69, 9.17) is 18.9 Å². The Morgan fingerprint density at radius 3 is 2.54 bits per heavy atom. The van der Waals surface area contributed by atoms with Crippen LogP contribution in [0.15, 0.2) is 42.5 Å². The third-order valence-electron chi connectivity index (χ3n) is 4.02. The van der Waals surface area contributed by atoms with E-state index in [0.717, 1.165) is 5.56 Å². The second-order valence-corrected chi connectivity index (χ2v) is 5.95. The number of imide groups is 1. The van der Waals surface area contributed by atoms with Crippen LogP contribution in [0.1, 0.15) is 22.3 Å². The fraction of sp³-hybridized carbons (Fsp3) is 0.250. The molecule has 1 N–H and O–H groups in total. The van der Waals surface area contributed by atoms with Gasteiger partial charge in [-0.2, -0.15) is 0 Å². The number of carbonyl (C=O) groups is 3. The van der Waals surface area contributed by atoms with Crippen molar-refractivity contribution in [3.8, 4) is 17.2 Å². The number of amides is 2. The van der Waals surface area contributed by atoms with Crippen LogP contribution in [0.3, 0.4) is 0 Å². The Bertz CT molecular complexity index is 877. The number of methoxy groups -OCH3 is 1. The van der Waals surface area contributed by atoms with Gasteiger partial charge in [0.05, 0.1) is 7.11 Å². The molecule has 0 saturated carbocycles. The summed E-state index contributed by atoms with van der Waals surface area (Å²) in [6.07, 6.45) is 0.529. The van der Waals surface area contributed by atoms with Crippen LogP contribution >= 0.6 is 0 Å². The average Bonchev–Trinajstić information content (AvgIpc) is 3.18. The van der Waals surface area contributed by atoms with E-state index in [9.17, 15) is 14.4 Å². The van der Waals surface area contributed by atoms with E-state index < -0.39 is 24.4 Å². The lowest BCUT2D eigenvalue weighted by Gasteiger charge is -2.07. The van der Waals surface area contributed by atoms with Crippen molar-refractivity contribution in [3.05, 3.63) is 53.6 Å². The lowest BCUT2D eigenvalue weighted by Crippen LogP contribution is -2.34. The molecule has 28 heavy (non-hydrogen) atoms. The lowest BCUT2D eigenvalue weighted by atomic mass is 10.1. The fourth-order valence-electron chi connectivity index (χ4n) is 2.54. The predicted molar refractivity (Wildman–Crippen MR) is 97.3 cm³/mol. The van der Waals surface area contributed by atoms with Gasteiger partial charge in [0, 0.05) is 12.0 Å². The third-order valence-corrected chi connectivity index (χ3v) is 4.02. The van der Waals surface area contributed by atoms with Crippen LogP contribution in [0.2, 0.25) is 0 Å². The zero-order chi connectivity index (χ0) is 19.9. The van der Waals surface area contributed by atoms with E-state index in [1.165, 1.54) is 19.2 Å². The number of hydrogen-bond donors (Lipinski definition) is 1. The molecule has 1 aliphatic rings. The summed E-state index contributed by atoms with van der Waals surface area (Å²) in [5.74, 6) is 0.0945. The molecule has 0 atom stereocenters. The van der Waals surface area contributed by atoms with Crippen molar-refractivity contribution in [1.82, 2.24) is 5.32 Å². The molecule has 146 valence electrons. The Kier molecular flexibility index (Phi) is 6.11. The maximum atomic E-state index is 12.0. The molecule has 0 unspecified atom stereocenters. The summed E-state index contributed by atoms with van der Waals surface area (Å²) < 4.78 is 20.4. The number of ether oxygens (including phenoxy) is 4. The van der Waals surface area contributed by atoms with E-state index >= 15 is 0 Å². The summed E-state index contributed by atoms with van der Waals surface area (Å²) in [5, 5.41) is 2.16. The Labute approximate surface area is 161 Å². The molecule has 2 aromatic carbocycles. The van der Waals surface area contributed by atoms with Gasteiger partial charge in [0.15, 0.2) is 18.1 Å². The normalized spacial score (nSPS) is 11.6. The molecule has 0 radical (unpaired) electrons. The van der Waals surface area contributed by atoms with Crippen molar-refractivity contribution in [3.63, 3.8) is 0 Å². The van der Waals surface area contributed by atoms with Crippen molar-refractivity contribution in [2.24, 2.45) is 0 Å². The third kappa shape index (κ3) is 5.00. The highest BCUT2D eigenvalue weighted by Crippen LogP contribution is 2.32. The minimum Gasteiger partial charge on any atom is -0.497 e. The number of carbonyl (C=O) groups excluding carboxylic acids is 3. The van der Waals surface area contributed by atoms with Crippen LogP contribution in [-0.2, 0) is 20.7 Å². The number of rotatable bonds is 7. The summed E-state index contributed by atoms with van der Waals surface area (Å²) >= 11 is 0. The molecule has 1 aliphatic heterocycles. The first-order chi connectivity index (χ1) is 13.5. The lowest BCUT2D eigenvalue weighted by molar-refractivity contribution is -0.148. The molecule has 3 rings (SSSR count). The molecule has 8 heteroatoms. The number of nitrogens with one attached hydrogen (secondary N) is 1. The summed E-state index contributed by atoms with van der Waals surface area (Å²) in [6.45, 7) is -0.340. The van der Waals surface area contributed by atoms with Crippen LogP contribution < -0.4 is 19.5 Å². The van der Waals surface area contributed by atoms with Gasteiger partial charge in [-0.1, -0.05) is 6.07 Å². The SMILES string of the molecule is COc1ccc(C(=O)NC(=O)COC(=O)CCc2ccc3c(c2)OCO3)cc1. The first kappa shape index (κ1) is 19.2. The maximum absolute atomic E-state index is 12.0. The second-order valence-electron chi connectivity index (χ2n) is 5.95. The second kappa shape index (κ2) is 8.90. The van der Waals surface area contributed by atoms with Gasteiger partial charge in [0.25, 0.3) is 11.8 Å². The summed E-state index contributed by atoms with van der Waals surface area (Å²) in [5.41, 5.74) is 1.18. The minimum atomic E-state index is -0.697. The Morgan fingerprint density at radius 1 is 1.04 bits per heavy atom. The molecule has 0 saturated heterocycles. The van der Waals surface area contributed by atoms with Crippen LogP contribution in [-0.4, -0.2) is 38.3 Å². The summed E-state index contributed by atoms with van der Waals surface area (Å²) in [4.78, 5) is 35.6. The van der Waals surface area contributed by atoms with E-state index in [-0.39, 0.29) is 13.2 Å². The standard InChI is InChI=1S/C20H19NO7/c1-25-15-6-4-14(5-7-15)20(24)21-18(22)11-26-19(23)9-3-13-2-8-16-17(10-13)28-12-27-16/h2,4-8,10H,3,9,11-12H2,1H3,(H,21,22,24). The first-order valence-corrected chi connectivity index (χ1v) is 8.57. The topological polar surface area (TPSA) is 100 Å². The molecule has 0 aliphatic carbocycles. The van der Waals surface area contributed by atoms with Crippen molar-refractivity contribution < 1.29 is 33.3 Å². The van der Waals surface area contributed by atoms with Crippen molar-refractivity contribution >= 4 is 17.8 Å². The van der Waals surface area contributed by atoms with Crippen LogP contribution in [0.4, 0.5) is 0 Å². The Balaban J connectivity index is 1.40. The molecule has 0 bridgehead atoms. The summed E-state index contributed by atoms with van der Waals surface area (Å²) in [7, 11) is 1.51. The number of benzene rings is 2. The van der Waals surface area contributed by atoms with Gasteiger partial charge in [-0.05, 0) is 48.4 Å². The van der Waals surface area contributed by atoms with Gasteiger partial charge in [-0.25, -0.2) is 0 Å².